The highest BCUT2D eigenvalue weighted by atomic mass is 19.4. The summed E-state index contributed by atoms with van der Waals surface area (Å²) in [4.78, 5) is 11.3. The van der Waals surface area contributed by atoms with Crippen LogP contribution in [0.2, 0.25) is 0 Å². The zero-order valence-corrected chi connectivity index (χ0v) is 10.4. The molecule has 1 rings (SSSR count). The lowest BCUT2D eigenvalue weighted by atomic mass is 10.1. The lowest BCUT2D eigenvalue weighted by Gasteiger charge is -2.28. The smallest absolute Gasteiger partial charge is 0.350 e. The number of hydrogen-bond donors (Lipinski definition) is 1. The number of nitrogens with one attached hydrogen (secondary N) is 1. The van der Waals surface area contributed by atoms with E-state index in [4.69, 9.17) is 0 Å². The Morgan fingerprint density at radius 2 is 1.48 bits per heavy atom. The summed E-state index contributed by atoms with van der Waals surface area (Å²) < 4.78 is 86.5. The summed E-state index contributed by atoms with van der Waals surface area (Å²) in [7, 11) is 0. The van der Waals surface area contributed by atoms with Crippen LogP contribution in [-0.4, -0.2) is 30.5 Å². The molecular formula is C12H10F7NO. The predicted octanol–water partition coefficient (Wildman–Crippen LogP) is 3.18. The van der Waals surface area contributed by atoms with Crippen molar-refractivity contribution in [2.24, 2.45) is 0 Å². The number of amides is 1. The van der Waals surface area contributed by atoms with E-state index in [1.807, 2.05) is 0 Å². The number of hydrogen-bond acceptors (Lipinski definition) is 1. The van der Waals surface area contributed by atoms with Gasteiger partial charge in [-0.25, -0.2) is 0 Å². The molecule has 21 heavy (non-hydrogen) atoms. The molecule has 0 saturated heterocycles. The van der Waals surface area contributed by atoms with E-state index >= 15 is 0 Å². The molecule has 0 heterocycles. The molecule has 0 aliphatic rings. The van der Waals surface area contributed by atoms with Crippen LogP contribution in [0.15, 0.2) is 30.3 Å². The third-order valence-electron chi connectivity index (χ3n) is 2.53. The molecule has 1 N–H and O–H groups in total. The fraction of sp³-hybridized carbons (Fsp3) is 0.417. The van der Waals surface area contributed by atoms with Gasteiger partial charge in [-0.2, -0.15) is 30.7 Å². The highest BCUT2D eigenvalue weighted by molar-refractivity contribution is 5.78. The maximum absolute atomic E-state index is 12.9. The molecule has 2 nitrogen and oxygen atoms in total. The molecule has 0 atom stereocenters. The first-order chi connectivity index (χ1) is 9.47. The van der Waals surface area contributed by atoms with Crippen molar-refractivity contribution in [3.63, 3.8) is 0 Å². The monoisotopic (exact) mass is 317 g/mol. The molecule has 0 bridgehead atoms. The molecular weight excluding hydrogens is 307 g/mol. The maximum atomic E-state index is 12.9. The van der Waals surface area contributed by atoms with Gasteiger partial charge < -0.3 is 5.32 Å². The van der Waals surface area contributed by atoms with Crippen LogP contribution >= 0.6 is 0 Å². The Hall–Kier alpha value is -1.80. The minimum absolute atomic E-state index is 0.404. The van der Waals surface area contributed by atoms with Crippen LogP contribution in [0.5, 0.6) is 0 Å². The first kappa shape index (κ1) is 17.3. The van der Waals surface area contributed by atoms with Crippen LogP contribution in [-0.2, 0) is 11.2 Å². The Morgan fingerprint density at radius 1 is 0.952 bits per heavy atom. The van der Waals surface area contributed by atoms with E-state index in [-0.39, 0.29) is 0 Å². The van der Waals surface area contributed by atoms with Gasteiger partial charge in [-0.3, -0.25) is 4.79 Å². The summed E-state index contributed by atoms with van der Waals surface area (Å²) in [6, 6.07) is 7.67. The second-order valence-electron chi connectivity index (χ2n) is 4.22. The first-order valence-electron chi connectivity index (χ1n) is 5.60. The zero-order chi connectivity index (χ0) is 16.3. The Balaban J connectivity index is 2.63. The van der Waals surface area contributed by atoms with Crippen molar-refractivity contribution in [1.82, 2.24) is 5.32 Å². The maximum Gasteiger partial charge on any atom is 0.459 e. The average Bonchev–Trinajstić information content (AvgIpc) is 2.36. The molecule has 0 aliphatic carbocycles. The summed E-state index contributed by atoms with van der Waals surface area (Å²) in [6.07, 6.45) is -6.81. The normalized spacial score (nSPS) is 13.1. The minimum atomic E-state index is -6.40. The number of carbonyl (C=O) groups is 1. The van der Waals surface area contributed by atoms with Crippen LogP contribution in [0.3, 0.4) is 0 Å². The van der Waals surface area contributed by atoms with E-state index in [0.717, 1.165) is 0 Å². The van der Waals surface area contributed by atoms with Gasteiger partial charge in [-0.15, -0.1) is 0 Å². The molecule has 0 aliphatic heterocycles. The van der Waals surface area contributed by atoms with Crippen molar-refractivity contribution in [2.45, 2.75) is 24.4 Å². The summed E-state index contributed by atoms with van der Waals surface area (Å²) in [5.41, 5.74) is 0.404. The highest BCUT2D eigenvalue weighted by Gasteiger charge is 2.72. The Kier molecular flexibility index (Phi) is 4.85. The summed E-state index contributed by atoms with van der Waals surface area (Å²) >= 11 is 0. The Morgan fingerprint density at radius 3 is 1.95 bits per heavy atom. The largest absolute Gasteiger partial charge is 0.459 e. The van der Waals surface area contributed by atoms with Crippen molar-refractivity contribution in [3.05, 3.63) is 35.9 Å². The minimum Gasteiger partial charge on any atom is -0.350 e. The molecule has 9 heteroatoms. The fourth-order valence-corrected chi connectivity index (χ4v) is 1.37. The summed E-state index contributed by atoms with van der Waals surface area (Å²) in [6.45, 7) is -2.11. The lowest BCUT2D eigenvalue weighted by molar-refractivity contribution is -0.352. The Bertz CT molecular complexity index is 484. The number of halogens is 7. The van der Waals surface area contributed by atoms with Crippen molar-refractivity contribution in [1.29, 1.82) is 0 Å². The van der Waals surface area contributed by atoms with Crippen molar-refractivity contribution in [2.75, 3.05) is 6.54 Å². The van der Waals surface area contributed by atoms with Crippen LogP contribution in [0, 0.1) is 0 Å². The third-order valence-corrected chi connectivity index (χ3v) is 2.53. The summed E-state index contributed by atoms with van der Waals surface area (Å²) in [5, 5.41) is 1.38. The van der Waals surface area contributed by atoms with Crippen molar-refractivity contribution in [3.8, 4) is 0 Å². The van der Waals surface area contributed by atoms with E-state index in [0.29, 0.717) is 5.56 Å². The van der Waals surface area contributed by atoms with E-state index in [2.05, 4.69) is 0 Å². The molecule has 1 amide bonds. The third kappa shape index (κ3) is 4.08. The van der Waals surface area contributed by atoms with E-state index < -0.39 is 36.9 Å². The molecule has 0 saturated carbocycles. The fourth-order valence-electron chi connectivity index (χ4n) is 1.37. The quantitative estimate of drug-likeness (QED) is 0.831. The molecule has 0 radical (unpaired) electrons. The number of carbonyl (C=O) groups excluding carboxylic acids is 1. The van der Waals surface area contributed by atoms with Crippen LogP contribution in [0.1, 0.15) is 5.56 Å². The van der Waals surface area contributed by atoms with Gasteiger partial charge in [-0.05, 0) is 5.56 Å². The lowest BCUT2D eigenvalue weighted by Crippen LogP contribution is -2.57. The van der Waals surface area contributed by atoms with Crippen LogP contribution in [0.25, 0.3) is 0 Å². The highest BCUT2D eigenvalue weighted by Crippen LogP contribution is 2.46. The molecule has 0 spiro atoms. The molecule has 1 aromatic rings. The Labute approximate surface area is 114 Å². The van der Waals surface area contributed by atoms with Crippen LogP contribution in [0.4, 0.5) is 30.7 Å². The average molecular weight is 317 g/mol. The van der Waals surface area contributed by atoms with Gasteiger partial charge in [0, 0.05) is 0 Å². The molecule has 0 unspecified atom stereocenters. The van der Waals surface area contributed by atoms with E-state index in [9.17, 15) is 35.5 Å². The molecule has 118 valence electrons. The van der Waals surface area contributed by atoms with E-state index in [1.54, 1.807) is 18.2 Å². The van der Waals surface area contributed by atoms with Gasteiger partial charge in [0.2, 0.25) is 5.91 Å². The van der Waals surface area contributed by atoms with Crippen molar-refractivity contribution >= 4 is 5.91 Å². The van der Waals surface area contributed by atoms with Gasteiger partial charge in [-0.1, -0.05) is 30.3 Å². The standard InChI is InChI=1S/C12H10F7NO/c13-10(14,11(15,16)12(17,18)19)7-20-9(21)6-8-4-2-1-3-5-8/h1-5H,6-7H2,(H,20,21). The van der Waals surface area contributed by atoms with Gasteiger partial charge in [0.05, 0.1) is 13.0 Å². The van der Waals surface area contributed by atoms with E-state index in [1.165, 1.54) is 17.4 Å². The first-order valence-corrected chi connectivity index (χ1v) is 5.60. The molecule has 0 aromatic heterocycles. The second-order valence-corrected chi connectivity index (χ2v) is 4.22. The molecule has 0 fully saturated rings. The number of benzene rings is 1. The topological polar surface area (TPSA) is 29.1 Å². The summed E-state index contributed by atoms with van der Waals surface area (Å²) in [5.74, 6) is -12.7. The number of alkyl halides is 7. The number of rotatable bonds is 5. The van der Waals surface area contributed by atoms with Crippen LogP contribution < -0.4 is 5.32 Å². The van der Waals surface area contributed by atoms with Crippen molar-refractivity contribution < 1.29 is 35.5 Å². The van der Waals surface area contributed by atoms with Gasteiger partial charge in [0.15, 0.2) is 0 Å². The SMILES string of the molecule is O=C(Cc1ccccc1)NCC(F)(F)C(F)(F)C(F)(F)F. The second kappa shape index (κ2) is 5.90. The predicted molar refractivity (Wildman–Crippen MR) is 59.1 cm³/mol. The van der Waals surface area contributed by atoms with Gasteiger partial charge in [0.25, 0.3) is 0 Å². The zero-order valence-electron chi connectivity index (χ0n) is 10.4. The molecule has 1 aromatic carbocycles. The van der Waals surface area contributed by atoms with Gasteiger partial charge >= 0.3 is 18.0 Å². The van der Waals surface area contributed by atoms with Gasteiger partial charge in [0.1, 0.15) is 0 Å².